The first kappa shape index (κ1) is 11.9. The Morgan fingerprint density at radius 2 is 2.31 bits per heavy atom. The van der Waals surface area contributed by atoms with Crippen molar-refractivity contribution >= 4 is 5.97 Å². The van der Waals surface area contributed by atoms with Gasteiger partial charge in [-0.2, -0.15) is 0 Å². The number of carbonyl (C=O) groups is 1. The van der Waals surface area contributed by atoms with Gasteiger partial charge in [0.25, 0.3) is 0 Å². The molecule has 0 saturated carbocycles. The van der Waals surface area contributed by atoms with Crippen molar-refractivity contribution in [2.75, 3.05) is 0 Å². The molecule has 0 amide bonds. The monoisotopic (exact) mass is 219 g/mol. The van der Waals surface area contributed by atoms with Crippen LogP contribution in [0.2, 0.25) is 0 Å². The number of aryl methyl sites for hydroxylation is 1. The highest BCUT2D eigenvalue weighted by Gasteiger charge is 2.07. The number of imidazole rings is 1. The van der Waals surface area contributed by atoms with E-state index in [0.717, 1.165) is 0 Å². The quantitative estimate of drug-likeness (QED) is 0.806. The summed E-state index contributed by atoms with van der Waals surface area (Å²) in [7, 11) is 0. The normalized spacial score (nSPS) is 9.06. The van der Waals surface area contributed by atoms with E-state index in [9.17, 15) is 4.79 Å². The highest BCUT2D eigenvalue weighted by Crippen LogP contribution is 2.04. The van der Waals surface area contributed by atoms with Crippen LogP contribution in [0.4, 0.5) is 0 Å². The number of rotatable bonds is 2. The average Bonchev–Trinajstić information content (AvgIpc) is 2.87. The topological polar surface area (TPSA) is 78.9 Å². The Hall–Kier alpha value is -2.17. The molecule has 2 aromatic rings. The summed E-state index contributed by atoms with van der Waals surface area (Å²) in [5, 5.41) is 8.66. The molecule has 16 heavy (non-hydrogen) atoms. The first-order valence-corrected chi connectivity index (χ1v) is 4.85. The van der Waals surface area contributed by atoms with Gasteiger partial charge in [0.15, 0.2) is 0 Å². The first-order valence-electron chi connectivity index (χ1n) is 4.85. The van der Waals surface area contributed by atoms with Gasteiger partial charge in [-0.1, -0.05) is 6.92 Å². The van der Waals surface area contributed by atoms with Crippen molar-refractivity contribution < 1.29 is 9.90 Å². The van der Waals surface area contributed by atoms with Crippen LogP contribution in [-0.2, 0) is 6.42 Å². The van der Waals surface area contributed by atoms with Gasteiger partial charge in [-0.05, 0) is 18.6 Å². The molecule has 0 aliphatic carbocycles. The highest BCUT2D eigenvalue weighted by atomic mass is 16.4. The first-order chi connectivity index (χ1) is 7.75. The Bertz CT molecular complexity index is 409. The van der Waals surface area contributed by atoms with Gasteiger partial charge in [0, 0.05) is 18.6 Å². The largest absolute Gasteiger partial charge is 0.478 e. The number of pyridine rings is 1. The summed E-state index contributed by atoms with van der Waals surface area (Å²) < 4.78 is 0. The van der Waals surface area contributed by atoms with Gasteiger partial charge in [0.05, 0.1) is 17.6 Å². The van der Waals surface area contributed by atoms with Crippen molar-refractivity contribution in [3.05, 3.63) is 48.3 Å². The van der Waals surface area contributed by atoms with Crippen LogP contribution < -0.4 is 0 Å². The maximum absolute atomic E-state index is 10.5. The molecule has 0 spiro atoms. The molecule has 0 saturated heterocycles. The van der Waals surface area contributed by atoms with E-state index < -0.39 is 5.97 Å². The fraction of sp³-hybridized carbons (Fsp3) is 0.182. The molecule has 2 N–H and O–H groups in total. The summed E-state index contributed by atoms with van der Waals surface area (Å²) in [6, 6.07) is 3.19. The number of aromatic amines is 1. The van der Waals surface area contributed by atoms with Crippen molar-refractivity contribution in [1.29, 1.82) is 0 Å². The molecule has 0 atom stereocenters. The second-order valence-electron chi connectivity index (χ2n) is 2.92. The van der Waals surface area contributed by atoms with Crippen molar-refractivity contribution in [2.24, 2.45) is 0 Å². The van der Waals surface area contributed by atoms with Gasteiger partial charge < -0.3 is 10.1 Å². The van der Waals surface area contributed by atoms with Crippen molar-refractivity contribution in [1.82, 2.24) is 15.0 Å². The van der Waals surface area contributed by atoms with Gasteiger partial charge in [-0.15, -0.1) is 0 Å². The zero-order valence-corrected chi connectivity index (χ0v) is 8.92. The van der Waals surface area contributed by atoms with Crippen LogP contribution in [0.1, 0.15) is 23.0 Å². The fourth-order valence-electron chi connectivity index (χ4n) is 1.13. The van der Waals surface area contributed by atoms with Crippen LogP contribution in [0.15, 0.2) is 37.1 Å². The van der Waals surface area contributed by atoms with Crippen molar-refractivity contribution in [3.63, 3.8) is 0 Å². The number of H-pyrrole nitrogens is 1. The number of nitrogens with zero attached hydrogens (tertiary/aromatic N) is 2. The lowest BCUT2D eigenvalue weighted by atomic mass is 10.1. The van der Waals surface area contributed by atoms with E-state index in [1.165, 1.54) is 0 Å². The van der Waals surface area contributed by atoms with E-state index in [1.54, 1.807) is 37.1 Å². The maximum atomic E-state index is 10.5. The van der Waals surface area contributed by atoms with E-state index in [4.69, 9.17) is 5.11 Å². The molecule has 0 aliphatic heterocycles. The zero-order chi connectivity index (χ0) is 11.8. The number of hydrogen-bond acceptors (Lipinski definition) is 3. The van der Waals surface area contributed by atoms with Crippen molar-refractivity contribution in [2.45, 2.75) is 13.3 Å². The van der Waals surface area contributed by atoms with Gasteiger partial charge in [0.1, 0.15) is 0 Å². The Kier molecular flexibility index (Phi) is 4.72. The number of aromatic carboxylic acids is 1. The summed E-state index contributed by atoms with van der Waals surface area (Å²) in [5.41, 5.74) is 0.940. The van der Waals surface area contributed by atoms with Crippen LogP contribution in [0, 0.1) is 0 Å². The summed E-state index contributed by atoms with van der Waals surface area (Å²) in [6.07, 6.45) is 7.34. The third-order valence-electron chi connectivity index (χ3n) is 1.86. The predicted molar refractivity (Wildman–Crippen MR) is 59.2 cm³/mol. The van der Waals surface area contributed by atoms with E-state index >= 15 is 0 Å². The van der Waals surface area contributed by atoms with E-state index in [2.05, 4.69) is 15.0 Å². The van der Waals surface area contributed by atoms with Gasteiger partial charge >= 0.3 is 5.97 Å². The van der Waals surface area contributed by atoms with Gasteiger partial charge in [0.2, 0.25) is 0 Å². The summed E-state index contributed by atoms with van der Waals surface area (Å²) in [5.74, 6) is -0.907. The molecule has 2 rings (SSSR count). The maximum Gasteiger partial charge on any atom is 0.337 e. The second kappa shape index (κ2) is 6.34. The molecule has 0 radical (unpaired) electrons. The number of aromatic nitrogens is 3. The van der Waals surface area contributed by atoms with Crippen LogP contribution >= 0.6 is 0 Å². The smallest absolute Gasteiger partial charge is 0.337 e. The molecule has 5 heteroatoms. The molecule has 2 heterocycles. The lowest BCUT2D eigenvalue weighted by Crippen LogP contribution is -2.02. The summed E-state index contributed by atoms with van der Waals surface area (Å²) in [6.45, 7) is 1.88. The predicted octanol–water partition coefficient (Wildman–Crippen LogP) is 1.75. The van der Waals surface area contributed by atoms with Crippen molar-refractivity contribution in [3.8, 4) is 0 Å². The van der Waals surface area contributed by atoms with Crippen LogP contribution in [0.25, 0.3) is 0 Å². The molecule has 0 fully saturated rings. The molecule has 5 nitrogen and oxygen atoms in total. The number of carboxylic acids is 1. The third-order valence-corrected chi connectivity index (χ3v) is 1.86. The van der Waals surface area contributed by atoms with Crippen LogP contribution in [0.5, 0.6) is 0 Å². The Morgan fingerprint density at radius 1 is 1.50 bits per heavy atom. The van der Waals surface area contributed by atoms with E-state index in [-0.39, 0.29) is 0 Å². The molecule has 0 aromatic carbocycles. The number of carboxylic acid groups (broad SMARTS) is 1. The number of nitrogens with one attached hydrogen (secondary N) is 1. The Labute approximate surface area is 93.2 Å². The number of hydrogen-bond donors (Lipinski definition) is 2. The lowest BCUT2D eigenvalue weighted by Gasteiger charge is -1.99. The molecule has 84 valence electrons. The highest BCUT2D eigenvalue weighted by molar-refractivity contribution is 5.88. The second-order valence-corrected chi connectivity index (χ2v) is 2.92. The molecule has 0 unspecified atom stereocenters. The van der Waals surface area contributed by atoms with Gasteiger partial charge in [-0.25, -0.2) is 9.78 Å². The molecule has 0 bridgehead atoms. The standard InChI is InChI=1S/C8H9NO2.C3H4N2/c1-2-7-6(8(10)11)4-3-5-9-7;1-2-5-3-4-1/h3-5H,2H2,1H3,(H,10,11);1-3H,(H,4,5). The minimum absolute atomic E-state index is 0.301. The van der Waals surface area contributed by atoms with Crippen LogP contribution in [0.3, 0.4) is 0 Å². The fourth-order valence-corrected chi connectivity index (χ4v) is 1.13. The zero-order valence-electron chi connectivity index (χ0n) is 8.92. The molecule has 0 aliphatic rings. The SMILES string of the molecule is CCc1ncccc1C(=O)O.c1c[nH]cn1. The Morgan fingerprint density at radius 3 is 2.69 bits per heavy atom. The third kappa shape index (κ3) is 3.53. The summed E-state index contributed by atoms with van der Waals surface area (Å²) >= 11 is 0. The van der Waals surface area contributed by atoms with Gasteiger partial charge in [-0.3, -0.25) is 4.98 Å². The molecule has 2 aromatic heterocycles. The lowest BCUT2D eigenvalue weighted by molar-refractivity contribution is 0.0695. The summed E-state index contributed by atoms with van der Waals surface area (Å²) in [4.78, 5) is 20.9. The minimum Gasteiger partial charge on any atom is -0.478 e. The van der Waals surface area contributed by atoms with Crippen LogP contribution in [-0.4, -0.2) is 26.0 Å². The Balaban J connectivity index is 0.000000212. The van der Waals surface area contributed by atoms with E-state index in [1.807, 2.05) is 6.92 Å². The van der Waals surface area contributed by atoms with E-state index in [0.29, 0.717) is 17.7 Å². The molecular formula is C11H13N3O2. The minimum atomic E-state index is -0.907. The average molecular weight is 219 g/mol. The molecular weight excluding hydrogens is 206 g/mol.